The molecule has 1 aliphatic heterocycles. The number of methoxy groups -OCH3 is 2. The van der Waals surface area contributed by atoms with E-state index in [1.54, 1.807) is 50.6 Å². The lowest BCUT2D eigenvalue weighted by atomic mass is 10.1. The van der Waals surface area contributed by atoms with Gasteiger partial charge >= 0.3 is 5.97 Å². The summed E-state index contributed by atoms with van der Waals surface area (Å²) in [5, 5.41) is 0. The number of cyclic esters (lactones) is 1. The number of rotatable bonds is 4. The lowest BCUT2D eigenvalue weighted by molar-refractivity contribution is -0.130. The first kappa shape index (κ1) is 13.9. The van der Waals surface area contributed by atoms with Gasteiger partial charge in [-0.05, 0) is 36.4 Å². The first-order valence-corrected chi connectivity index (χ1v) is 6.49. The third-order valence-electron chi connectivity index (χ3n) is 3.08. The van der Waals surface area contributed by atoms with Crippen molar-refractivity contribution >= 4 is 17.9 Å². The molecule has 2 heterocycles. The van der Waals surface area contributed by atoms with Gasteiger partial charge in [-0.25, -0.2) is 9.79 Å². The van der Waals surface area contributed by atoms with Gasteiger partial charge in [-0.1, -0.05) is 0 Å². The quantitative estimate of drug-likeness (QED) is 0.641. The van der Waals surface area contributed by atoms with E-state index in [1.807, 2.05) is 0 Å². The number of carbonyl (C=O) groups excluding carboxylic acids is 1. The second-order valence-electron chi connectivity index (χ2n) is 4.42. The van der Waals surface area contributed by atoms with Crippen molar-refractivity contribution in [3.63, 3.8) is 0 Å². The summed E-state index contributed by atoms with van der Waals surface area (Å²) in [6.45, 7) is 0. The van der Waals surface area contributed by atoms with E-state index in [0.717, 1.165) is 0 Å². The third-order valence-corrected chi connectivity index (χ3v) is 3.08. The Hall–Kier alpha value is -3.02. The molecule has 22 heavy (non-hydrogen) atoms. The summed E-state index contributed by atoms with van der Waals surface area (Å²) in [4.78, 5) is 16.1. The summed E-state index contributed by atoms with van der Waals surface area (Å²) in [5.74, 6) is 1.24. The maximum atomic E-state index is 11.9. The Morgan fingerprint density at radius 2 is 2.05 bits per heavy atom. The van der Waals surface area contributed by atoms with Crippen molar-refractivity contribution < 1.29 is 23.4 Å². The third kappa shape index (κ3) is 2.58. The number of carbonyl (C=O) groups is 1. The van der Waals surface area contributed by atoms with E-state index in [0.29, 0.717) is 22.8 Å². The average molecular weight is 299 g/mol. The molecule has 3 rings (SSSR count). The molecule has 2 aromatic rings. The van der Waals surface area contributed by atoms with Gasteiger partial charge in [-0.3, -0.25) is 0 Å². The number of hydrogen-bond donors (Lipinski definition) is 0. The van der Waals surface area contributed by atoms with E-state index < -0.39 is 5.97 Å². The van der Waals surface area contributed by atoms with Crippen LogP contribution in [0.15, 0.2) is 51.7 Å². The van der Waals surface area contributed by atoms with Crippen molar-refractivity contribution in [1.82, 2.24) is 0 Å². The average Bonchev–Trinajstić information content (AvgIpc) is 3.17. The molecular formula is C16H13NO5. The van der Waals surface area contributed by atoms with Crippen LogP contribution in [0.3, 0.4) is 0 Å². The zero-order chi connectivity index (χ0) is 15.5. The Morgan fingerprint density at radius 3 is 2.73 bits per heavy atom. The minimum Gasteiger partial charge on any atom is -0.497 e. The van der Waals surface area contributed by atoms with Gasteiger partial charge in [-0.15, -0.1) is 0 Å². The first-order valence-electron chi connectivity index (χ1n) is 6.49. The molecule has 0 fully saturated rings. The highest BCUT2D eigenvalue weighted by atomic mass is 16.6. The highest BCUT2D eigenvalue weighted by molar-refractivity contribution is 6.12. The maximum Gasteiger partial charge on any atom is 0.363 e. The molecule has 1 aromatic carbocycles. The van der Waals surface area contributed by atoms with Crippen molar-refractivity contribution in [2.75, 3.05) is 14.2 Å². The number of benzene rings is 1. The molecule has 0 N–H and O–H groups in total. The molecule has 0 bridgehead atoms. The summed E-state index contributed by atoms with van der Waals surface area (Å²) < 4.78 is 20.7. The Kier molecular flexibility index (Phi) is 3.65. The standard InChI is InChI=1S/C16H13NO5/c1-19-11-5-6-13(20-2)10(8-11)9-12-16(18)22-15(17-12)14-4-3-7-21-14/h3-9H,1-2H3. The Morgan fingerprint density at radius 1 is 1.18 bits per heavy atom. The summed E-state index contributed by atoms with van der Waals surface area (Å²) in [6.07, 6.45) is 3.07. The zero-order valence-electron chi connectivity index (χ0n) is 12.0. The molecule has 0 aliphatic carbocycles. The van der Waals surface area contributed by atoms with Crippen molar-refractivity contribution in [2.45, 2.75) is 0 Å². The molecule has 6 heteroatoms. The van der Waals surface area contributed by atoms with Crippen molar-refractivity contribution in [2.24, 2.45) is 4.99 Å². The molecule has 0 unspecified atom stereocenters. The van der Waals surface area contributed by atoms with Crippen molar-refractivity contribution in [1.29, 1.82) is 0 Å². The topological polar surface area (TPSA) is 70.3 Å². The number of hydrogen-bond acceptors (Lipinski definition) is 6. The first-order chi connectivity index (χ1) is 10.7. The van der Waals surface area contributed by atoms with Crippen LogP contribution in [-0.4, -0.2) is 26.1 Å². The summed E-state index contributed by atoms with van der Waals surface area (Å²) in [7, 11) is 3.12. The van der Waals surface area contributed by atoms with Gasteiger partial charge in [0.1, 0.15) is 11.5 Å². The molecule has 1 aliphatic rings. The van der Waals surface area contributed by atoms with Crippen LogP contribution in [0.2, 0.25) is 0 Å². The van der Waals surface area contributed by atoms with Crippen LogP contribution in [0.1, 0.15) is 11.3 Å². The predicted molar refractivity (Wildman–Crippen MR) is 78.9 cm³/mol. The van der Waals surface area contributed by atoms with Crippen LogP contribution in [0, 0.1) is 0 Å². The van der Waals surface area contributed by atoms with E-state index in [-0.39, 0.29) is 11.6 Å². The number of furan rings is 1. The summed E-state index contributed by atoms with van der Waals surface area (Å²) in [5.41, 5.74) is 0.830. The Labute approximate surface area is 126 Å². The SMILES string of the molecule is COc1ccc(OC)c(C=C2N=C(c3ccco3)OC2=O)c1. The lowest BCUT2D eigenvalue weighted by Gasteiger charge is -2.07. The molecule has 0 radical (unpaired) electrons. The minimum absolute atomic E-state index is 0.142. The highest BCUT2D eigenvalue weighted by Gasteiger charge is 2.26. The van der Waals surface area contributed by atoms with E-state index in [4.69, 9.17) is 18.6 Å². The Bertz CT molecular complexity index is 759. The van der Waals surface area contributed by atoms with Gasteiger partial charge in [0.15, 0.2) is 11.5 Å². The molecule has 0 saturated carbocycles. The molecule has 112 valence electrons. The van der Waals surface area contributed by atoms with Crippen LogP contribution >= 0.6 is 0 Å². The van der Waals surface area contributed by atoms with E-state index in [2.05, 4.69) is 4.99 Å². The largest absolute Gasteiger partial charge is 0.497 e. The van der Waals surface area contributed by atoms with Crippen LogP contribution in [0.4, 0.5) is 0 Å². The number of ether oxygens (including phenoxy) is 3. The second-order valence-corrected chi connectivity index (χ2v) is 4.42. The van der Waals surface area contributed by atoms with Gasteiger partial charge in [0.2, 0.25) is 0 Å². The molecule has 6 nitrogen and oxygen atoms in total. The van der Waals surface area contributed by atoms with Crippen molar-refractivity contribution in [3.8, 4) is 11.5 Å². The predicted octanol–water partition coefficient (Wildman–Crippen LogP) is 2.64. The highest BCUT2D eigenvalue weighted by Crippen LogP contribution is 2.28. The number of esters is 1. The fourth-order valence-corrected chi connectivity index (χ4v) is 2.01. The summed E-state index contributed by atoms with van der Waals surface area (Å²) >= 11 is 0. The van der Waals surface area contributed by atoms with Crippen molar-refractivity contribution in [3.05, 3.63) is 53.6 Å². The minimum atomic E-state index is -0.545. The van der Waals surface area contributed by atoms with E-state index >= 15 is 0 Å². The monoisotopic (exact) mass is 299 g/mol. The number of nitrogens with zero attached hydrogens (tertiary/aromatic N) is 1. The maximum absolute atomic E-state index is 11.9. The fraction of sp³-hybridized carbons (Fsp3) is 0.125. The molecular weight excluding hydrogens is 286 g/mol. The van der Waals surface area contributed by atoms with Gasteiger partial charge < -0.3 is 18.6 Å². The smallest absolute Gasteiger partial charge is 0.363 e. The molecule has 0 spiro atoms. The van der Waals surface area contributed by atoms with Gasteiger partial charge in [0, 0.05) is 5.56 Å². The second kappa shape index (κ2) is 5.77. The fourth-order valence-electron chi connectivity index (χ4n) is 2.01. The molecule has 0 atom stereocenters. The van der Waals surface area contributed by atoms with E-state index in [1.165, 1.54) is 6.26 Å². The molecule has 0 amide bonds. The van der Waals surface area contributed by atoms with Gasteiger partial charge in [0.05, 0.1) is 20.5 Å². The Balaban J connectivity index is 1.99. The molecule has 1 aromatic heterocycles. The van der Waals surface area contributed by atoms with E-state index in [9.17, 15) is 4.79 Å². The van der Waals surface area contributed by atoms with Gasteiger partial charge in [0.25, 0.3) is 5.90 Å². The zero-order valence-corrected chi connectivity index (χ0v) is 12.0. The summed E-state index contributed by atoms with van der Waals surface area (Å²) in [6, 6.07) is 8.63. The van der Waals surface area contributed by atoms with Crippen LogP contribution in [-0.2, 0) is 9.53 Å². The van der Waals surface area contributed by atoms with Crippen LogP contribution < -0.4 is 9.47 Å². The molecule has 0 saturated heterocycles. The normalized spacial score (nSPS) is 15.6. The van der Waals surface area contributed by atoms with Crippen LogP contribution in [0.25, 0.3) is 6.08 Å². The van der Waals surface area contributed by atoms with Crippen LogP contribution in [0.5, 0.6) is 11.5 Å². The number of aliphatic imine (C=N–C) groups is 1. The van der Waals surface area contributed by atoms with Gasteiger partial charge in [-0.2, -0.15) is 0 Å². The lowest BCUT2D eigenvalue weighted by Crippen LogP contribution is -2.04.